The molecule has 1 aromatic carbocycles. The van der Waals surface area contributed by atoms with Gasteiger partial charge >= 0.3 is 0 Å². The van der Waals surface area contributed by atoms with Gasteiger partial charge in [-0.05, 0) is 44.6 Å². The third-order valence-electron chi connectivity index (χ3n) is 4.36. The van der Waals surface area contributed by atoms with Gasteiger partial charge in [0.1, 0.15) is 5.82 Å². The van der Waals surface area contributed by atoms with Crippen LogP contribution in [0.2, 0.25) is 0 Å². The number of benzene rings is 1. The van der Waals surface area contributed by atoms with E-state index in [2.05, 4.69) is 6.92 Å². The maximum Gasteiger partial charge on any atom is 0.128 e. The second-order valence-electron chi connectivity index (χ2n) is 5.68. The van der Waals surface area contributed by atoms with Crippen LogP contribution in [0.15, 0.2) is 24.3 Å². The summed E-state index contributed by atoms with van der Waals surface area (Å²) in [5.41, 5.74) is 6.55. The molecule has 2 nitrogen and oxygen atoms in total. The lowest BCUT2D eigenvalue weighted by atomic mass is 9.73. The van der Waals surface area contributed by atoms with Gasteiger partial charge in [0.05, 0.1) is 11.6 Å². The van der Waals surface area contributed by atoms with Gasteiger partial charge in [-0.15, -0.1) is 0 Å². The zero-order valence-electron chi connectivity index (χ0n) is 11.9. The predicted octanol–water partition coefficient (Wildman–Crippen LogP) is 3.81. The normalized spacial score (nSPS) is 29.2. The molecule has 2 rings (SSSR count). The second kappa shape index (κ2) is 6.02. The molecule has 0 bridgehead atoms. The molecule has 19 heavy (non-hydrogen) atoms. The third kappa shape index (κ3) is 2.98. The molecule has 0 heterocycles. The molecular formula is C16H24FNO. The minimum atomic E-state index is -0.399. The molecule has 0 saturated heterocycles. The van der Waals surface area contributed by atoms with E-state index < -0.39 is 5.60 Å². The van der Waals surface area contributed by atoms with E-state index in [9.17, 15) is 4.39 Å². The predicted molar refractivity (Wildman–Crippen MR) is 75.3 cm³/mol. The number of rotatable bonds is 4. The Morgan fingerprint density at radius 1 is 1.37 bits per heavy atom. The minimum absolute atomic E-state index is 0.229. The molecule has 0 aliphatic heterocycles. The summed E-state index contributed by atoms with van der Waals surface area (Å²) in [6, 6.07) is 6.39. The lowest BCUT2D eigenvalue weighted by Gasteiger charge is -2.43. The Morgan fingerprint density at radius 3 is 2.58 bits per heavy atom. The van der Waals surface area contributed by atoms with Crippen LogP contribution in [0.25, 0.3) is 0 Å². The van der Waals surface area contributed by atoms with Crippen molar-refractivity contribution in [3.63, 3.8) is 0 Å². The highest BCUT2D eigenvalue weighted by molar-refractivity contribution is 5.24. The summed E-state index contributed by atoms with van der Waals surface area (Å²) >= 11 is 0. The molecular weight excluding hydrogens is 241 g/mol. The molecule has 0 spiro atoms. The summed E-state index contributed by atoms with van der Waals surface area (Å²) in [5, 5.41) is 0. The van der Waals surface area contributed by atoms with E-state index in [0.29, 0.717) is 18.1 Å². The lowest BCUT2D eigenvalue weighted by Crippen LogP contribution is -2.46. The van der Waals surface area contributed by atoms with Gasteiger partial charge in [0.2, 0.25) is 0 Å². The van der Waals surface area contributed by atoms with Crippen molar-refractivity contribution in [2.45, 2.75) is 51.2 Å². The van der Waals surface area contributed by atoms with Gasteiger partial charge < -0.3 is 10.5 Å². The average molecular weight is 265 g/mol. The first-order chi connectivity index (χ1) is 9.09. The fourth-order valence-electron chi connectivity index (χ4n) is 3.09. The third-order valence-corrected chi connectivity index (χ3v) is 4.36. The molecule has 106 valence electrons. The molecule has 1 aliphatic rings. The van der Waals surface area contributed by atoms with Crippen molar-refractivity contribution in [2.24, 2.45) is 11.7 Å². The zero-order chi connectivity index (χ0) is 13.9. The summed E-state index contributed by atoms with van der Waals surface area (Å²) < 4.78 is 19.9. The fourth-order valence-corrected chi connectivity index (χ4v) is 3.09. The summed E-state index contributed by atoms with van der Waals surface area (Å²) in [4.78, 5) is 0. The zero-order valence-corrected chi connectivity index (χ0v) is 11.9. The Bertz CT molecular complexity index is 413. The van der Waals surface area contributed by atoms with Crippen LogP contribution in [0, 0.1) is 11.7 Å². The van der Waals surface area contributed by atoms with Gasteiger partial charge in [0.25, 0.3) is 0 Å². The van der Waals surface area contributed by atoms with Gasteiger partial charge in [-0.1, -0.05) is 25.1 Å². The van der Waals surface area contributed by atoms with Crippen LogP contribution in [0.5, 0.6) is 0 Å². The second-order valence-corrected chi connectivity index (χ2v) is 5.68. The first-order valence-corrected chi connectivity index (χ1v) is 7.23. The molecule has 1 saturated carbocycles. The van der Waals surface area contributed by atoms with E-state index in [1.807, 2.05) is 13.0 Å². The average Bonchev–Trinajstić information content (AvgIpc) is 2.42. The van der Waals surface area contributed by atoms with Crippen LogP contribution in [-0.2, 0) is 4.74 Å². The van der Waals surface area contributed by atoms with Crippen molar-refractivity contribution in [3.05, 3.63) is 35.6 Å². The van der Waals surface area contributed by atoms with Crippen LogP contribution in [-0.4, -0.2) is 12.2 Å². The Labute approximate surface area is 115 Å². The highest BCUT2D eigenvalue weighted by Crippen LogP contribution is 2.42. The molecule has 1 atom stereocenters. The number of nitrogens with two attached hydrogens (primary N) is 1. The molecule has 0 amide bonds. The van der Waals surface area contributed by atoms with Crippen LogP contribution in [0.3, 0.4) is 0 Å². The highest BCUT2D eigenvalue weighted by Gasteiger charge is 2.41. The van der Waals surface area contributed by atoms with Crippen molar-refractivity contribution < 1.29 is 9.13 Å². The first kappa shape index (κ1) is 14.5. The van der Waals surface area contributed by atoms with Crippen LogP contribution in [0.4, 0.5) is 4.39 Å². The molecule has 3 heteroatoms. The van der Waals surface area contributed by atoms with Crippen molar-refractivity contribution in [1.29, 1.82) is 0 Å². The van der Waals surface area contributed by atoms with E-state index in [1.165, 1.54) is 6.07 Å². The van der Waals surface area contributed by atoms with E-state index in [1.54, 1.807) is 12.1 Å². The molecule has 0 radical (unpaired) electrons. The fraction of sp³-hybridized carbons (Fsp3) is 0.625. The standard InChI is InChI=1S/C16H24FNO/c1-3-19-16(10-8-12(2)9-11-16)15(18)13-6-4-5-7-14(13)17/h4-7,12,15H,3,8-11,18H2,1-2H3. The van der Waals surface area contributed by atoms with E-state index in [-0.39, 0.29) is 11.9 Å². The van der Waals surface area contributed by atoms with Crippen molar-refractivity contribution in [2.75, 3.05) is 6.61 Å². The Morgan fingerprint density at radius 2 is 2.00 bits per heavy atom. The highest BCUT2D eigenvalue weighted by atomic mass is 19.1. The molecule has 1 aromatic rings. The molecule has 1 aliphatic carbocycles. The summed E-state index contributed by atoms with van der Waals surface area (Å²) in [6.07, 6.45) is 4.03. The molecule has 2 N–H and O–H groups in total. The Balaban J connectivity index is 2.26. The summed E-state index contributed by atoms with van der Waals surface area (Å²) in [5.74, 6) is 0.481. The Hall–Kier alpha value is -0.930. The van der Waals surface area contributed by atoms with Gasteiger partial charge in [0, 0.05) is 12.2 Å². The largest absolute Gasteiger partial charge is 0.373 e. The number of ether oxygens (including phenoxy) is 1. The molecule has 0 aromatic heterocycles. The molecule has 1 fully saturated rings. The summed E-state index contributed by atoms with van der Waals surface area (Å²) in [6.45, 7) is 4.86. The smallest absolute Gasteiger partial charge is 0.128 e. The first-order valence-electron chi connectivity index (χ1n) is 7.23. The van der Waals surface area contributed by atoms with E-state index in [4.69, 9.17) is 10.5 Å². The van der Waals surface area contributed by atoms with Crippen LogP contribution < -0.4 is 5.73 Å². The lowest BCUT2D eigenvalue weighted by molar-refractivity contribution is -0.0902. The topological polar surface area (TPSA) is 35.2 Å². The summed E-state index contributed by atoms with van der Waals surface area (Å²) in [7, 11) is 0. The van der Waals surface area contributed by atoms with Gasteiger partial charge in [-0.2, -0.15) is 0 Å². The van der Waals surface area contributed by atoms with E-state index >= 15 is 0 Å². The SMILES string of the molecule is CCOC1(C(N)c2ccccc2F)CCC(C)CC1. The quantitative estimate of drug-likeness (QED) is 0.898. The Kier molecular flexibility index (Phi) is 4.58. The number of halogens is 1. The number of hydrogen-bond acceptors (Lipinski definition) is 2. The van der Waals surface area contributed by atoms with Crippen LogP contribution in [0.1, 0.15) is 51.1 Å². The van der Waals surface area contributed by atoms with Gasteiger partial charge in [-0.25, -0.2) is 4.39 Å². The maximum absolute atomic E-state index is 13.9. The van der Waals surface area contributed by atoms with Crippen LogP contribution >= 0.6 is 0 Å². The minimum Gasteiger partial charge on any atom is -0.373 e. The van der Waals surface area contributed by atoms with E-state index in [0.717, 1.165) is 25.7 Å². The molecule has 1 unspecified atom stereocenters. The van der Waals surface area contributed by atoms with Crippen molar-refractivity contribution >= 4 is 0 Å². The van der Waals surface area contributed by atoms with Gasteiger partial charge in [-0.3, -0.25) is 0 Å². The van der Waals surface area contributed by atoms with Gasteiger partial charge in [0.15, 0.2) is 0 Å². The van der Waals surface area contributed by atoms with Crippen molar-refractivity contribution in [3.8, 4) is 0 Å². The van der Waals surface area contributed by atoms with Crippen molar-refractivity contribution in [1.82, 2.24) is 0 Å². The monoisotopic (exact) mass is 265 g/mol. The maximum atomic E-state index is 13.9. The number of hydrogen-bond donors (Lipinski definition) is 1.